The topological polar surface area (TPSA) is 85.6 Å². The Morgan fingerprint density at radius 1 is 1.62 bits per heavy atom. The molecule has 8 heteroatoms. The first-order chi connectivity index (χ1) is 7.74. The summed E-state index contributed by atoms with van der Waals surface area (Å²) >= 11 is 1.45. The van der Waals surface area contributed by atoms with Crippen molar-refractivity contribution in [3.8, 4) is 0 Å². The van der Waals surface area contributed by atoms with E-state index in [1.807, 2.05) is 6.92 Å². The van der Waals surface area contributed by atoms with Crippen LogP contribution in [0.5, 0.6) is 0 Å². The van der Waals surface area contributed by atoms with Crippen LogP contribution in [0.25, 0.3) is 0 Å². The Morgan fingerprint density at radius 3 is 3.12 bits per heavy atom. The molecule has 1 amide bonds. The molecule has 2 aromatic heterocycles. The van der Waals surface area contributed by atoms with Gasteiger partial charge in [-0.15, -0.1) is 16.4 Å². The monoisotopic (exact) mass is 238 g/mol. The first-order valence-electron chi connectivity index (χ1n) is 4.67. The molecule has 0 aromatic carbocycles. The molecule has 0 saturated heterocycles. The Morgan fingerprint density at radius 2 is 2.50 bits per heavy atom. The third-order valence-electron chi connectivity index (χ3n) is 1.83. The summed E-state index contributed by atoms with van der Waals surface area (Å²) in [6.45, 7) is 2.40. The van der Waals surface area contributed by atoms with E-state index >= 15 is 0 Å². The van der Waals surface area contributed by atoms with Crippen LogP contribution in [0, 0.1) is 6.92 Å². The van der Waals surface area contributed by atoms with Crippen LogP contribution in [-0.4, -0.2) is 31.1 Å². The minimum absolute atomic E-state index is 0.0927. The van der Waals surface area contributed by atoms with Gasteiger partial charge in [-0.25, -0.2) is 9.67 Å². The van der Waals surface area contributed by atoms with Crippen LogP contribution in [0.3, 0.4) is 0 Å². The molecule has 2 aromatic rings. The maximum Gasteiger partial charge on any atom is 0.228 e. The van der Waals surface area contributed by atoms with Gasteiger partial charge in [-0.2, -0.15) is 0 Å². The molecule has 1 N–H and O–H groups in total. The van der Waals surface area contributed by atoms with Crippen molar-refractivity contribution in [3.63, 3.8) is 0 Å². The minimum Gasteiger partial charge on any atom is -0.302 e. The Hall–Kier alpha value is -1.83. The van der Waals surface area contributed by atoms with Crippen LogP contribution in [0.15, 0.2) is 12.5 Å². The van der Waals surface area contributed by atoms with Gasteiger partial charge in [0, 0.05) is 17.5 Å². The van der Waals surface area contributed by atoms with Gasteiger partial charge in [0.2, 0.25) is 5.91 Å². The molecule has 0 aliphatic heterocycles. The highest BCUT2D eigenvalue weighted by Gasteiger charge is 2.05. The van der Waals surface area contributed by atoms with Crippen LogP contribution in [-0.2, 0) is 11.3 Å². The number of hydrogen-bond donors (Lipinski definition) is 1. The number of carbonyl (C=O) groups excluding carboxylic acids is 1. The fourth-order valence-corrected chi connectivity index (χ4v) is 1.77. The summed E-state index contributed by atoms with van der Waals surface area (Å²) in [7, 11) is 0. The van der Waals surface area contributed by atoms with E-state index in [-0.39, 0.29) is 5.91 Å². The van der Waals surface area contributed by atoms with Crippen molar-refractivity contribution in [3.05, 3.63) is 17.4 Å². The van der Waals surface area contributed by atoms with Crippen molar-refractivity contribution in [2.24, 2.45) is 0 Å². The maximum atomic E-state index is 11.5. The number of anilines is 1. The molecule has 0 saturated carbocycles. The second kappa shape index (κ2) is 4.79. The zero-order chi connectivity index (χ0) is 11.4. The lowest BCUT2D eigenvalue weighted by molar-refractivity contribution is -0.116. The number of nitrogens with zero attached hydrogens (tertiary/aromatic N) is 5. The summed E-state index contributed by atoms with van der Waals surface area (Å²) in [5.41, 5.74) is 0. The van der Waals surface area contributed by atoms with Gasteiger partial charge in [-0.3, -0.25) is 4.79 Å². The lowest BCUT2D eigenvalue weighted by Crippen LogP contribution is -2.14. The van der Waals surface area contributed by atoms with Crippen molar-refractivity contribution in [1.29, 1.82) is 0 Å². The quantitative estimate of drug-likeness (QED) is 0.836. The molecule has 0 bridgehead atoms. The highest BCUT2D eigenvalue weighted by Crippen LogP contribution is 2.16. The molecule has 0 unspecified atom stereocenters. The van der Waals surface area contributed by atoms with E-state index in [1.165, 1.54) is 22.3 Å². The van der Waals surface area contributed by atoms with Crippen LogP contribution in [0.1, 0.15) is 11.3 Å². The second-order valence-electron chi connectivity index (χ2n) is 3.15. The van der Waals surface area contributed by atoms with Crippen LogP contribution >= 0.6 is 11.3 Å². The lowest BCUT2D eigenvalue weighted by atomic mass is 10.4. The highest BCUT2D eigenvalue weighted by atomic mass is 32.1. The molecule has 0 aliphatic rings. The number of thiazole rings is 1. The van der Waals surface area contributed by atoms with E-state index in [0.29, 0.717) is 18.1 Å². The van der Waals surface area contributed by atoms with Crippen molar-refractivity contribution in [1.82, 2.24) is 25.2 Å². The molecule has 7 nitrogen and oxygen atoms in total. The fourth-order valence-electron chi connectivity index (χ4n) is 1.09. The SMILES string of the molecule is Cc1cnc(NC(=O)CCn2cnnn2)s1. The summed E-state index contributed by atoms with van der Waals surface area (Å²) in [5.74, 6) is -0.0927. The predicted octanol–water partition coefficient (Wildman–Crippen LogP) is 0.467. The zero-order valence-electron chi connectivity index (χ0n) is 8.62. The van der Waals surface area contributed by atoms with Crippen molar-refractivity contribution in [2.75, 3.05) is 5.32 Å². The first kappa shape index (κ1) is 10.7. The van der Waals surface area contributed by atoms with Gasteiger partial charge >= 0.3 is 0 Å². The molecule has 2 heterocycles. The molecule has 0 aliphatic carbocycles. The van der Waals surface area contributed by atoms with Crippen LogP contribution < -0.4 is 5.32 Å². The lowest BCUT2D eigenvalue weighted by Gasteiger charge is -2.00. The number of aryl methyl sites for hydroxylation is 2. The fraction of sp³-hybridized carbons (Fsp3) is 0.375. The van der Waals surface area contributed by atoms with E-state index < -0.39 is 0 Å². The third-order valence-corrected chi connectivity index (χ3v) is 2.66. The number of amides is 1. The van der Waals surface area contributed by atoms with Crippen molar-refractivity contribution in [2.45, 2.75) is 19.9 Å². The van der Waals surface area contributed by atoms with E-state index in [2.05, 4.69) is 25.8 Å². The molecular weight excluding hydrogens is 228 g/mol. The largest absolute Gasteiger partial charge is 0.302 e. The van der Waals surface area contributed by atoms with Gasteiger partial charge < -0.3 is 5.32 Å². The molecular formula is C8H10N6OS. The van der Waals surface area contributed by atoms with Crippen molar-refractivity contribution >= 4 is 22.4 Å². The Labute approximate surface area is 95.5 Å². The standard InChI is InChI=1S/C8H10N6OS/c1-6-4-9-8(16-6)11-7(15)2-3-14-5-10-12-13-14/h4-5H,2-3H2,1H3,(H,9,11,15). The number of rotatable bonds is 4. The Kier molecular flexibility index (Phi) is 3.20. The molecule has 0 atom stereocenters. The maximum absolute atomic E-state index is 11.5. The summed E-state index contributed by atoms with van der Waals surface area (Å²) in [6, 6.07) is 0. The normalized spacial score (nSPS) is 10.3. The van der Waals surface area contributed by atoms with E-state index in [9.17, 15) is 4.79 Å². The Balaban J connectivity index is 1.81. The number of carbonyl (C=O) groups is 1. The molecule has 16 heavy (non-hydrogen) atoms. The summed E-state index contributed by atoms with van der Waals surface area (Å²) < 4.78 is 1.51. The second-order valence-corrected chi connectivity index (χ2v) is 4.38. The first-order valence-corrected chi connectivity index (χ1v) is 5.49. The molecule has 0 radical (unpaired) electrons. The molecule has 2 rings (SSSR count). The number of aromatic nitrogens is 5. The highest BCUT2D eigenvalue weighted by molar-refractivity contribution is 7.15. The van der Waals surface area contributed by atoms with Gasteiger partial charge in [-0.05, 0) is 17.4 Å². The summed E-state index contributed by atoms with van der Waals surface area (Å²) in [6.07, 6.45) is 3.52. The average molecular weight is 238 g/mol. The predicted molar refractivity (Wildman–Crippen MR) is 57.9 cm³/mol. The molecule has 0 fully saturated rings. The zero-order valence-corrected chi connectivity index (χ0v) is 9.44. The van der Waals surface area contributed by atoms with E-state index in [1.54, 1.807) is 6.20 Å². The number of tetrazole rings is 1. The minimum atomic E-state index is -0.0927. The van der Waals surface area contributed by atoms with E-state index in [4.69, 9.17) is 0 Å². The van der Waals surface area contributed by atoms with Gasteiger partial charge in [0.25, 0.3) is 0 Å². The van der Waals surface area contributed by atoms with Gasteiger partial charge in [0.15, 0.2) is 5.13 Å². The third kappa shape index (κ3) is 2.83. The van der Waals surface area contributed by atoms with Crippen LogP contribution in [0.2, 0.25) is 0 Å². The smallest absolute Gasteiger partial charge is 0.228 e. The van der Waals surface area contributed by atoms with Gasteiger partial charge in [0.1, 0.15) is 6.33 Å². The number of hydrogen-bond acceptors (Lipinski definition) is 6. The summed E-state index contributed by atoms with van der Waals surface area (Å²) in [4.78, 5) is 16.6. The van der Waals surface area contributed by atoms with E-state index in [0.717, 1.165) is 4.88 Å². The van der Waals surface area contributed by atoms with Crippen molar-refractivity contribution < 1.29 is 4.79 Å². The molecule has 0 spiro atoms. The summed E-state index contributed by atoms with van der Waals surface area (Å²) in [5, 5.41) is 14.0. The average Bonchev–Trinajstić information content (AvgIpc) is 2.87. The molecule has 84 valence electrons. The Bertz CT molecular complexity index is 465. The number of nitrogens with one attached hydrogen (secondary N) is 1. The van der Waals surface area contributed by atoms with Crippen LogP contribution in [0.4, 0.5) is 5.13 Å². The van der Waals surface area contributed by atoms with Gasteiger partial charge in [-0.1, -0.05) is 0 Å². The van der Waals surface area contributed by atoms with Gasteiger partial charge in [0.05, 0.1) is 6.54 Å².